The molecule has 24 heavy (non-hydrogen) atoms. The van der Waals surface area contributed by atoms with Gasteiger partial charge in [-0.3, -0.25) is 14.5 Å². The van der Waals surface area contributed by atoms with E-state index in [2.05, 4.69) is 29.3 Å². The van der Waals surface area contributed by atoms with E-state index in [0.717, 1.165) is 38.8 Å². The fourth-order valence-corrected chi connectivity index (χ4v) is 4.90. The van der Waals surface area contributed by atoms with E-state index < -0.39 is 0 Å². The minimum atomic E-state index is 0.0836. The van der Waals surface area contributed by atoms with Crippen molar-refractivity contribution in [3.63, 3.8) is 0 Å². The normalized spacial score (nSPS) is 24.5. The van der Waals surface area contributed by atoms with E-state index in [1.54, 1.807) is 18.3 Å². The predicted molar refractivity (Wildman–Crippen MR) is 95.9 cm³/mol. The molecule has 1 N–H and O–H groups in total. The van der Waals surface area contributed by atoms with Gasteiger partial charge in [-0.05, 0) is 51.3 Å². The van der Waals surface area contributed by atoms with Crippen molar-refractivity contribution in [3.05, 3.63) is 21.9 Å². The maximum atomic E-state index is 12.3. The predicted octanol–water partition coefficient (Wildman–Crippen LogP) is 2.15. The third-order valence-corrected chi connectivity index (χ3v) is 6.17. The molecule has 0 unspecified atom stereocenters. The van der Waals surface area contributed by atoms with E-state index >= 15 is 0 Å². The van der Waals surface area contributed by atoms with E-state index in [0.29, 0.717) is 19.1 Å². The van der Waals surface area contributed by atoms with E-state index in [4.69, 9.17) is 0 Å². The first-order valence-corrected chi connectivity index (χ1v) is 9.69. The number of thiophene rings is 1. The van der Waals surface area contributed by atoms with Crippen LogP contribution in [0.4, 0.5) is 0 Å². The lowest BCUT2D eigenvalue weighted by Gasteiger charge is -2.34. The highest BCUT2D eigenvalue weighted by Crippen LogP contribution is 2.29. The highest BCUT2D eigenvalue weighted by molar-refractivity contribution is 7.11. The van der Waals surface area contributed by atoms with Crippen molar-refractivity contribution in [2.24, 2.45) is 0 Å². The molecule has 0 bridgehead atoms. The fraction of sp³-hybridized carbons (Fsp3) is 0.667. The molecular formula is C18H27N3O2S. The average molecular weight is 350 g/mol. The van der Waals surface area contributed by atoms with Crippen molar-refractivity contribution < 1.29 is 9.59 Å². The molecule has 0 aliphatic carbocycles. The molecule has 2 atom stereocenters. The van der Waals surface area contributed by atoms with Crippen molar-refractivity contribution in [3.8, 4) is 0 Å². The second kappa shape index (κ2) is 7.66. The quantitative estimate of drug-likeness (QED) is 0.886. The third-order valence-electron chi connectivity index (χ3n) is 5.16. The lowest BCUT2D eigenvalue weighted by molar-refractivity contribution is -0.130. The number of hydrogen-bond donors (Lipinski definition) is 1. The average Bonchev–Trinajstić information content (AvgIpc) is 3.24. The molecule has 2 aliphatic rings. The molecule has 5 nitrogen and oxygen atoms in total. The fourth-order valence-electron chi connectivity index (χ4n) is 4.07. The standard InChI is InChI=1S/C18H27N3O2S/c1-13-7-8-15(24-13)11-19-18(23)12-20-9-3-5-16(20)17-6-4-10-21(17)14(2)22/h7-8,16-17H,3-6,9-12H2,1-2H3,(H,19,23)/t16-,17+/m1/s1. The largest absolute Gasteiger partial charge is 0.350 e. The highest BCUT2D eigenvalue weighted by Gasteiger charge is 2.39. The first-order valence-electron chi connectivity index (χ1n) is 8.88. The second-order valence-electron chi connectivity index (χ2n) is 6.89. The number of nitrogens with zero attached hydrogens (tertiary/aromatic N) is 2. The summed E-state index contributed by atoms with van der Waals surface area (Å²) in [6.07, 6.45) is 4.35. The number of aryl methyl sites for hydroxylation is 1. The molecule has 0 radical (unpaired) electrons. The van der Waals surface area contributed by atoms with Gasteiger partial charge < -0.3 is 10.2 Å². The van der Waals surface area contributed by atoms with Crippen LogP contribution in [0, 0.1) is 6.92 Å². The van der Waals surface area contributed by atoms with Gasteiger partial charge in [0.1, 0.15) is 0 Å². The first kappa shape index (κ1) is 17.4. The Labute approximate surface area is 148 Å². The zero-order chi connectivity index (χ0) is 17.1. The van der Waals surface area contributed by atoms with Gasteiger partial charge in [-0.15, -0.1) is 11.3 Å². The molecule has 3 rings (SSSR count). The van der Waals surface area contributed by atoms with Crippen LogP contribution in [0.3, 0.4) is 0 Å². The van der Waals surface area contributed by atoms with Crippen LogP contribution < -0.4 is 5.32 Å². The number of rotatable bonds is 5. The maximum Gasteiger partial charge on any atom is 0.234 e. The Morgan fingerprint density at radius 2 is 1.96 bits per heavy atom. The van der Waals surface area contributed by atoms with Gasteiger partial charge in [0.25, 0.3) is 0 Å². The molecule has 2 aliphatic heterocycles. The summed E-state index contributed by atoms with van der Waals surface area (Å²) in [6.45, 7) is 6.61. The second-order valence-corrected chi connectivity index (χ2v) is 8.26. The lowest BCUT2D eigenvalue weighted by Crippen LogP contribution is -2.50. The summed E-state index contributed by atoms with van der Waals surface area (Å²) in [7, 11) is 0. The molecule has 6 heteroatoms. The molecule has 1 aromatic heterocycles. The van der Waals surface area contributed by atoms with Gasteiger partial charge >= 0.3 is 0 Å². The Hall–Kier alpha value is -1.40. The van der Waals surface area contributed by atoms with E-state index in [1.165, 1.54) is 9.75 Å². The lowest BCUT2D eigenvalue weighted by atomic mass is 10.0. The first-order chi connectivity index (χ1) is 11.5. The minimum absolute atomic E-state index is 0.0836. The number of hydrogen-bond acceptors (Lipinski definition) is 4. The Bertz CT molecular complexity index is 601. The Morgan fingerprint density at radius 3 is 2.67 bits per heavy atom. The number of nitrogens with one attached hydrogen (secondary N) is 1. The zero-order valence-corrected chi connectivity index (χ0v) is 15.4. The van der Waals surface area contributed by atoms with Gasteiger partial charge in [0.2, 0.25) is 11.8 Å². The molecule has 0 saturated carbocycles. The van der Waals surface area contributed by atoms with Crippen LogP contribution in [-0.2, 0) is 16.1 Å². The molecule has 0 spiro atoms. The molecule has 2 fully saturated rings. The van der Waals surface area contributed by atoms with Gasteiger partial charge in [0.15, 0.2) is 0 Å². The Balaban J connectivity index is 1.53. The molecule has 0 aromatic carbocycles. The smallest absolute Gasteiger partial charge is 0.234 e. The SMILES string of the molecule is CC(=O)N1CCC[C@H]1[C@H]1CCCN1CC(=O)NCc1ccc(C)s1. The Kier molecular flexibility index (Phi) is 5.56. The number of amides is 2. The van der Waals surface area contributed by atoms with E-state index in [9.17, 15) is 9.59 Å². The van der Waals surface area contributed by atoms with Crippen molar-refractivity contribution in [1.82, 2.24) is 15.1 Å². The van der Waals surface area contributed by atoms with Crippen molar-refractivity contribution in [1.29, 1.82) is 0 Å². The topological polar surface area (TPSA) is 52.7 Å². The van der Waals surface area contributed by atoms with Crippen LogP contribution in [-0.4, -0.2) is 53.3 Å². The van der Waals surface area contributed by atoms with Gasteiger partial charge in [0.05, 0.1) is 13.1 Å². The molecule has 2 saturated heterocycles. The van der Waals surface area contributed by atoms with Crippen LogP contribution in [0.2, 0.25) is 0 Å². The number of carbonyl (C=O) groups excluding carboxylic acids is 2. The van der Waals surface area contributed by atoms with Crippen LogP contribution in [0.15, 0.2) is 12.1 Å². The summed E-state index contributed by atoms with van der Waals surface area (Å²) in [5.74, 6) is 0.252. The molecular weight excluding hydrogens is 322 g/mol. The Morgan fingerprint density at radius 1 is 1.21 bits per heavy atom. The molecule has 1 aromatic rings. The highest BCUT2D eigenvalue weighted by atomic mass is 32.1. The van der Waals surface area contributed by atoms with Gasteiger partial charge in [-0.1, -0.05) is 0 Å². The van der Waals surface area contributed by atoms with E-state index in [-0.39, 0.29) is 17.9 Å². The summed E-state index contributed by atoms with van der Waals surface area (Å²) in [5, 5.41) is 3.03. The van der Waals surface area contributed by atoms with Crippen LogP contribution in [0.5, 0.6) is 0 Å². The van der Waals surface area contributed by atoms with Gasteiger partial charge in [0, 0.05) is 35.3 Å². The summed E-state index contributed by atoms with van der Waals surface area (Å²) in [5.41, 5.74) is 0. The molecule has 2 amide bonds. The minimum Gasteiger partial charge on any atom is -0.350 e. The summed E-state index contributed by atoms with van der Waals surface area (Å²) >= 11 is 1.72. The summed E-state index contributed by atoms with van der Waals surface area (Å²) in [4.78, 5) is 30.9. The maximum absolute atomic E-state index is 12.3. The van der Waals surface area contributed by atoms with Crippen molar-refractivity contribution in [2.75, 3.05) is 19.6 Å². The monoisotopic (exact) mass is 349 g/mol. The number of carbonyl (C=O) groups is 2. The van der Waals surface area contributed by atoms with Gasteiger partial charge in [-0.25, -0.2) is 0 Å². The molecule has 3 heterocycles. The van der Waals surface area contributed by atoms with Crippen LogP contribution >= 0.6 is 11.3 Å². The van der Waals surface area contributed by atoms with Crippen LogP contribution in [0.25, 0.3) is 0 Å². The van der Waals surface area contributed by atoms with Crippen molar-refractivity contribution >= 4 is 23.2 Å². The van der Waals surface area contributed by atoms with E-state index in [1.807, 2.05) is 4.90 Å². The summed E-state index contributed by atoms with van der Waals surface area (Å²) < 4.78 is 0. The zero-order valence-electron chi connectivity index (χ0n) is 14.6. The molecule has 132 valence electrons. The van der Waals surface area contributed by atoms with Crippen molar-refractivity contribution in [2.45, 2.75) is 58.2 Å². The third kappa shape index (κ3) is 3.98. The van der Waals surface area contributed by atoms with Gasteiger partial charge in [-0.2, -0.15) is 0 Å². The number of likely N-dealkylation sites (tertiary alicyclic amines) is 2. The van der Waals surface area contributed by atoms with Crippen LogP contribution in [0.1, 0.15) is 42.4 Å². The summed E-state index contributed by atoms with van der Waals surface area (Å²) in [6, 6.07) is 4.78.